The third-order valence-electron chi connectivity index (χ3n) is 2.88. The van der Waals surface area contributed by atoms with Gasteiger partial charge in [-0.15, -0.1) is 0 Å². The van der Waals surface area contributed by atoms with Crippen LogP contribution in [0.4, 0.5) is 5.82 Å². The lowest BCUT2D eigenvalue weighted by atomic mass is 10.1. The van der Waals surface area contributed by atoms with Gasteiger partial charge in [0.25, 0.3) is 5.82 Å². The summed E-state index contributed by atoms with van der Waals surface area (Å²) >= 11 is 6.67. The number of nitrogens with two attached hydrogens (primary N) is 1. The van der Waals surface area contributed by atoms with Gasteiger partial charge in [0, 0.05) is 16.2 Å². The summed E-state index contributed by atoms with van der Waals surface area (Å²) in [6, 6.07) is 3.42. The van der Waals surface area contributed by atoms with Gasteiger partial charge in [0.1, 0.15) is 11.9 Å². The average Bonchev–Trinajstić information content (AvgIpc) is 2.80. The zero-order valence-electron chi connectivity index (χ0n) is 9.54. The van der Waals surface area contributed by atoms with Crippen LogP contribution < -0.4 is 10.7 Å². The molecule has 7 heteroatoms. The highest BCUT2D eigenvalue weighted by atomic mass is 79.9. The fraction of sp³-hybridized carbons (Fsp3) is 0. The third-order valence-corrected chi connectivity index (χ3v) is 3.95. The second-order valence-corrected chi connectivity index (χ2v) is 5.61. The number of nitrogens with zero attached hydrogens (tertiary/aromatic N) is 1. The van der Waals surface area contributed by atoms with Crippen LogP contribution in [0.1, 0.15) is 0 Å². The molecule has 0 atom stereocenters. The van der Waals surface area contributed by atoms with Crippen molar-refractivity contribution in [2.45, 2.75) is 0 Å². The molecule has 0 aliphatic rings. The number of halogens is 2. The number of rotatable bonds is 1. The second kappa shape index (κ2) is 4.50. The van der Waals surface area contributed by atoms with Crippen molar-refractivity contribution in [3.05, 3.63) is 33.7 Å². The van der Waals surface area contributed by atoms with Gasteiger partial charge < -0.3 is 15.8 Å². The number of hydrogen-bond donors (Lipinski definition) is 3. The Morgan fingerprint density at radius 1 is 1.26 bits per heavy atom. The van der Waals surface area contributed by atoms with Crippen molar-refractivity contribution in [3.63, 3.8) is 0 Å². The Balaban J connectivity index is 2.34. The molecule has 3 rings (SSSR count). The van der Waals surface area contributed by atoms with Crippen molar-refractivity contribution in [3.8, 4) is 16.9 Å². The zero-order chi connectivity index (χ0) is 13.6. The van der Waals surface area contributed by atoms with E-state index in [1.54, 1.807) is 24.5 Å². The lowest BCUT2D eigenvalue weighted by Crippen LogP contribution is -2.09. The predicted molar refractivity (Wildman–Crippen MR) is 79.6 cm³/mol. The van der Waals surface area contributed by atoms with Gasteiger partial charge in [-0.3, -0.25) is 0 Å². The Kier molecular flexibility index (Phi) is 2.94. The van der Waals surface area contributed by atoms with E-state index in [1.165, 1.54) is 0 Å². The molecular weight excluding hydrogens is 376 g/mol. The van der Waals surface area contributed by atoms with E-state index in [9.17, 15) is 5.11 Å². The van der Waals surface area contributed by atoms with E-state index in [0.717, 1.165) is 21.1 Å². The summed E-state index contributed by atoms with van der Waals surface area (Å²) in [6.07, 6.45) is 3.54. The van der Waals surface area contributed by atoms with Crippen LogP contribution in [0.15, 0.2) is 33.7 Å². The molecule has 1 aromatic carbocycles. The quantitative estimate of drug-likeness (QED) is 0.563. The SMILES string of the molecule is Nc1nc(Br)[nH+]cc1-c1c[nH]c2c(Br)ccc(O)c12. The molecule has 5 N–H and O–H groups in total. The molecule has 0 aliphatic heterocycles. The molecule has 0 saturated heterocycles. The number of aromatic nitrogens is 3. The maximum atomic E-state index is 10.1. The summed E-state index contributed by atoms with van der Waals surface area (Å²) in [4.78, 5) is 10.2. The molecule has 2 aromatic heterocycles. The summed E-state index contributed by atoms with van der Waals surface area (Å²) in [6.45, 7) is 0. The van der Waals surface area contributed by atoms with Crippen molar-refractivity contribution >= 4 is 48.6 Å². The van der Waals surface area contributed by atoms with Gasteiger partial charge >= 0.3 is 4.73 Å². The molecule has 0 fully saturated rings. The van der Waals surface area contributed by atoms with E-state index in [0.29, 0.717) is 15.9 Å². The fourth-order valence-corrected chi connectivity index (χ4v) is 2.78. The van der Waals surface area contributed by atoms with Gasteiger partial charge in [-0.2, -0.15) is 0 Å². The first-order chi connectivity index (χ1) is 9.08. The molecule has 0 aliphatic carbocycles. The first kappa shape index (κ1) is 12.4. The number of aromatic amines is 2. The van der Waals surface area contributed by atoms with Crippen molar-refractivity contribution in [1.82, 2.24) is 9.97 Å². The molecule has 5 nitrogen and oxygen atoms in total. The molecule has 0 saturated carbocycles. The molecule has 19 heavy (non-hydrogen) atoms. The highest BCUT2D eigenvalue weighted by Crippen LogP contribution is 2.39. The smallest absolute Gasteiger partial charge is 0.366 e. The van der Waals surface area contributed by atoms with Gasteiger partial charge in [-0.05, 0) is 33.0 Å². The molecule has 0 unspecified atom stereocenters. The van der Waals surface area contributed by atoms with Gasteiger partial charge in [0.2, 0.25) is 0 Å². The Hall–Kier alpha value is -1.60. The summed E-state index contributed by atoms with van der Waals surface area (Å²) in [5.74, 6) is 0.572. The molecular formula is C12H9Br2N4O+. The van der Waals surface area contributed by atoms with E-state index in [4.69, 9.17) is 5.73 Å². The molecule has 3 aromatic rings. The standard InChI is InChI=1S/C12H8Br2N4O/c13-7-1-2-8(19)9-5(3-16-10(7)9)6-4-17-12(14)18-11(6)15/h1-4,16,19H,(H2,15,17,18)/p+1. The fourth-order valence-electron chi connectivity index (χ4n) is 2.03. The number of hydrogen-bond acceptors (Lipinski definition) is 3. The second-order valence-electron chi connectivity index (χ2n) is 4.01. The van der Waals surface area contributed by atoms with Crippen LogP contribution >= 0.6 is 31.9 Å². The molecule has 96 valence electrons. The van der Waals surface area contributed by atoms with Crippen molar-refractivity contribution in [1.29, 1.82) is 0 Å². The van der Waals surface area contributed by atoms with Gasteiger partial charge in [0.15, 0.2) is 0 Å². The lowest BCUT2D eigenvalue weighted by molar-refractivity contribution is -0.396. The van der Waals surface area contributed by atoms with Crippen LogP contribution in [-0.2, 0) is 0 Å². The summed E-state index contributed by atoms with van der Waals surface area (Å²) < 4.78 is 1.43. The number of phenolic OH excluding ortho intramolecular Hbond substituents is 1. The van der Waals surface area contributed by atoms with E-state index in [1.807, 2.05) is 0 Å². The number of anilines is 1. The monoisotopic (exact) mass is 383 g/mol. The van der Waals surface area contributed by atoms with E-state index < -0.39 is 0 Å². The molecule has 0 spiro atoms. The number of benzene rings is 1. The van der Waals surface area contributed by atoms with Crippen LogP contribution in [0, 0.1) is 0 Å². The maximum Gasteiger partial charge on any atom is 0.366 e. The predicted octanol–water partition coefficient (Wildman–Crippen LogP) is 2.86. The third kappa shape index (κ3) is 1.98. The molecule has 0 amide bonds. The number of nitrogen functional groups attached to an aromatic ring is 1. The highest BCUT2D eigenvalue weighted by molar-refractivity contribution is 9.10. The zero-order valence-corrected chi connectivity index (χ0v) is 12.7. The molecule has 0 radical (unpaired) electrons. The van der Waals surface area contributed by atoms with E-state index >= 15 is 0 Å². The highest BCUT2D eigenvalue weighted by Gasteiger charge is 2.18. The summed E-state index contributed by atoms with van der Waals surface area (Å²) in [5.41, 5.74) is 8.26. The van der Waals surface area contributed by atoms with Crippen molar-refractivity contribution in [2.75, 3.05) is 5.73 Å². The minimum atomic E-state index is 0.191. The normalized spacial score (nSPS) is 11.1. The Morgan fingerprint density at radius 2 is 2.05 bits per heavy atom. The van der Waals surface area contributed by atoms with Crippen LogP contribution in [0.3, 0.4) is 0 Å². The van der Waals surface area contributed by atoms with Gasteiger partial charge in [-0.1, -0.05) is 0 Å². The lowest BCUT2D eigenvalue weighted by Gasteiger charge is -2.02. The number of aromatic hydroxyl groups is 1. The number of H-pyrrole nitrogens is 2. The Bertz CT molecular complexity index is 785. The van der Waals surface area contributed by atoms with E-state index in [2.05, 4.69) is 46.8 Å². The number of fused-ring (bicyclic) bond motifs is 1. The largest absolute Gasteiger partial charge is 0.507 e. The van der Waals surface area contributed by atoms with Crippen LogP contribution in [-0.4, -0.2) is 15.1 Å². The van der Waals surface area contributed by atoms with Gasteiger partial charge in [-0.25, -0.2) is 4.98 Å². The minimum Gasteiger partial charge on any atom is -0.507 e. The maximum absolute atomic E-state index is 10.1. The van der Waals surface area contributed by atoms with Crippen molar-refractivity contribution < 1.29 is 10.1 Å². The number of nitrogens with one attached hydrogen (secondary N) is 2. The molecule has 0 bridgehead atoms. The van der Waals surface area contributed by atoms with Crippen LogP contribution in [0.2, 0.25) is 0 Å². The Morgan fingerprint density at radius 3 is 2.79 bits per heavy atom. The van der Waals surface area contributed by atoms with Crippen LogP contribution in [0.25, 0.3) is 22.0 Å². The Labute approximate surface area is 125 Å². The number of phenols is 1. The summed E-state index contributed by atoms with van der Waals surface area (Å²) in [5, 5.41) is 10.8. The van der Waals surface area contributed by atoms with Crippen molar-refractivity contribution in [2.24, 2.45) is 0 Å². The molecule has 2 heterocycles. The average molecular weight is 385 g/mol. The van der Waals surface area contributed by atoms with Gasteiger partial charge in [0.05, 0.1) is 32.4 Å². The van der Waals surface area contributed by atoms with Crippen LogP contribution in [0.5, 0.6) is 5.75 Å². The minimum absolute atomic E-state index is 0.191. The van der Waals surface area contributed by atoms with E-state index in [-0.39, 0.29) is 5.75 Å². The first-order valence-corrected chi connectivity index (χ1v) is 6.99. The summed E-state index contributed by atoms with van der Waals surface area (Å²) in [7, 11) is 0. The first-order valence-electron chi connectivity index (χ1n) is 5.40. The topological polar surface area (TPSA) is 89.1 Å².